The summed E-state index contributed by atoms with van der Waals surface area (Å²) >= 11 is 11.8. The molecule has 0 radical (unpaired) electrons. The van der Waals surface area contributed by atoms with Gasteiger partial charge < -0.3 is 10.5 Å². The number of hydrogen-bond acceptors (Lipinski definition) is 4. The van der Waals surface area contributed by atoms with Crippen LogP contribution in [0.25, 0.3) is 0 Å². The van der Waals surface area contributed by atoms with E-state index in [0.29, 0.717) is 28.2 Å². The molecule has 0 unspecified atom stereocenters. The molecule has 0 fully saturated rings. The SMILES string of the molecule is Cc1nnc(Oc2ccc(Cl)c(Cl)c2)c(CN)c1C. The van der Waals surface area contributed by atoms with Crippen LogP contribution in [0.4, 0.5) is 0 Å². The summed E-state index contributed by atoms with van der Waals surface area (Å²) in [6, 6.07) is 5.00. The lowest BCUT2D eigenvalue weighted by Crippen LogP contribution is -2.07. The number of aromatic nitrogens is 2. The number of hydrogen-bond donors (Lipinski definition) is 1. The lowest BCUT2D eigenvalue weighted by atomic mass is 10.1. The smallest absolute Gasteiger partial charge is 0.243 e. The summed E-state index contributed by atoms with van der Waals surface area (Å²) in [7, 11) is 0. The first-order valence-corrected chi connectivity index (χ1v) is 6.44. The van der Waals surface area contributed by atoms with Crippen molar-refractivity contribution in [3.63, 3.8) is 0 Å². The molecular weight excluding hydrogens is 285 g/mol. The first kappa shape index (κ1) is 14.1. The van der Waals surface area contributed by atoms with Gasteiger partial charge in [0, 0.05) is 18.2 Å². The van der Waals surface area contributed by atoms with Crippen molar-refractivity contribution in [1.29, 1.82) is 0 Å². The highest BCUT2D eigenvalue weighted by Crippen LogP contribution is 2.30. The van der Waals surface area contributed by atoms with Crippen molar-refractivity contribution in [3.05, 3.63) is 45.1 Å². The van der Waals surface area contributed by atoms with Gasteiger partial charge >= 0.3 is 0 Å². The molecule has 2 aromatic rings. The molecule has 0 saturated heterocycles. The second-order valence-electron chi connectivity index (χ2n) is 4.08. The van der Waals surface area contributed by atoms with Gasteiger partial charge in [0.05, 0.1) is 15.7 Å². The van der Waals surface area contributed by atoms with Crippen molar-refractivity contribution in [1.82, 2.24) is 10.2 Å². The highest BCUT2D eigenvalue weighted by atomic mass is 35.5. The molecule has 1 aromatic carbocycles. The molecule has 0 aliphatic heterocycles. The molecular formula is C13H13Cl2N3O. The van der Waals surface area contributed by atoms with E-state index in [2.05, 4.69) is 10.2 Å². The molecule has 2 N–H and O–H groups in total. The molecule has 19 heavy (non-hydrogen) atoms. The van der Waals surface area contributed by atoms with Gasteiger partial charge in [-0.2, -0.15) is 5.10 Å². The van der Waals surface area contributed by atoms with E-state index in [9.17, 15) is 0 Å². The maximum Gasteiger partial charge on any atom is 0.243 e. The third kappa shape index (κ3) is 2.97. The van der Waals surface area contributed by atoms with Crippen molar-refractivity contribution in [2.45, 2.75) is 20.4 Å². The van der Waals surface area contributed by atoms with Gasteiger partial charge in [0.15, 0.2) is 0 Å². The monoisotopic (exact) mass is 297 g/mol. The minimum absolute atomic E-state index is 0.332. The van der Waals surface area contributed by atoms with E-state index in [-0.39, 0.29) is 0 Å². The second-order valence-corrected chi connectivity index (χ2v) is 4.89. The Morgan fingerprint density at radius 2 is 1.89 bits per heavy atom. The molecule has 0 atom stereocenters. The molecule has 0 amide bonds. The van der Waals surface area contributed by atoms with Gasteiger partial charge in [-0.05, 0) is 31.5 Å². The van der Waals surface area contributed by atoms with E-state index in [0.717, 1.165) is 16.8 Å². The quantitative estimate of drug-likeness (QED) is 0.939. The zero-order chi connectivity index (χ0) is 14.0. The van der Waals surface area contributed by atoms with Gasteiger partial charge in [0.25, 0.3) is 0 Å². The normalized spacial score (nSPS) is 10.6. The average molecular weight is 298 g/mol. The Bertz CT molecular complexity index is 617. The molecule has 0 aliphatic carbocycles. The molecule has 2 rings (SSSR count). The van der Waals surface area contributed by atoms with Crippen LogP contribution in [0.5, 0.6) is 11.6 Å². The maximum atomic E-state index is 5.94. The summed E-state index contributed by atoms with van der Waals surface area (Å²) in [4.78, 5) is 0. The van der Waals surface area contributed by atoms with E-state index in [1.54, 1.807) is 18.2 Å². The topological polar surface area (TPSA) is 61.0 Å². The fourth-order valence-corrected chi connectivity index (χ4v) is 1.90. The minimum Gasteiger partial charge on any atom is -0.437 e. The van der Waals surface area contributed by atoms with Crippen molar-refractivity contribution in [2.24, 2.45) is 5.73 Å². The van der Waals surface area contributed by atoms with Gasteiger partial charge in [0.2, 0.25) is 5.88 Å². The molecule has 0 bridgehead atoms. The number of benzene rings is 1. The molecule has 6 heteroatoms. The van der Waals surface area contributed by atoms with Crippen molar-refractivity contribution in [3.8, 4) is 11.6 Å². The zero-order valence-electron chi connectivity index (χ0n) is 10.6. The summed E-state index contributed by atoms with van der Waals surface area (Å²) in [6.07, 6.45) is 0. The van der Waals surface area contributed by atoms with Crippen LogP contribution >= 0.6 is 23.2 Å². The lowest BCUT2D eigenvalue weighted by Gasteiger charge is -2.12. The first-order chi connectivity index (χ1) is 9.02. The Kier molecular flexibility index (Phi) is 4.24. The van der Waals surface area contributed by atoms with Crippen LogP contribution in [0.1, 0.15) is 16.8 Å². The summed E-state index contributed by atoms with van der Waals surface area (Å²) in [6.45, 7) is 4.15. The fraction of sp³-hybridized carbons (Fsp3) is 0.231. The lowest BCUT2D eigenvalue weighted by molar-refractivity contribution is 0.446. The van der Waals surface area contributed by atoms with Crippen molar-refractivity contribution < 1.29 is 4.74 Å². The van der Waals surface area contributed by atoms with Crippen LogP contribution in [0.2, 0.25) is 10.0 Å². The first-order valence-electron chi connectivity index (χ1n) is 5.68. The fourth-order valence-electron chi connectivity index (χ4n) is 1.61. The summed E-state index contributed by atoms with van der Waals surface area (Å²) in [5, 5.41) is 8.96. The van der Waals surface area contributed by atoms with E-state index < -0.39 is 0 Å². The Morgan fingerprint density at radius 1 is 1.16 bits per heavy atom. The van der Waals surface area contributed by atoms with Crippen LogP contribution in [-0.2, 0) is 6.54 Å². The predicted molar refractivity (Wildman–Crippen MR) is 75.9 cm³/mol. The van der Waals surface area contributed by atoms with Crippen LogP contribution in [0.15, 0.2) is 18.2 Å². The summed E-state index contributed by atoms with van der Waals surface area (Å²) < 4.78 is 5.68. The van der Waals surface area contributed by atoms with Crippen LogP contribution in [0, 0.1) is 13.8 Å². The molecule has 1 aromatic heterocycles. The Balaban J connectivity index is 2.38. The van der Waals surface area contributed by atoms with Gasteiger partial charge in [-0.1, -0.05) is 23.2 Å². The molecule has 100 valence electrons. The minimum atomic E-state index is 0.332. The van der Waals surface area contributed by atoms with Crippen molar-refractivity contribution in [2.75, 3.05) is 0 Å². The van der Waals surface area contributed by atoms with E-state index in [4.69, 9.17) is 33.7 Å². The molecule has 0 saturated carbocycles. The summed E-state index contributed by atoms with van der Waals surface area (Å²) in [5.74, 6) is 0.936. The van der Waals surface area contributed by atoms with E-state index in [1.807, 2.05) is 13.8 Å². The molecule has 0 spiro atoms. The number of nitrogens with zero attached hydrogens (tertiary/aromatic N) is 2. The maximum absolute atomic E-state index is 5.94. The largest absolute Gasteiger partial charge is 0.437 e. The second kappa shape index (κ2) is 5.74. The highest BCUT2D eigenvalue weighted by Gasteiger charge is 2.12. The number of nitrogens with two attached hydrogens (primary N) is 1. The Hall–Kier alpha value is -1.36. The van der Waals surface area contributed by atoms with Gasteiger partial charge in [-0.25, -0.2) is 0 Å². The van der Waals surface area contributed by atoms with Crippen molar-refractivity contribution >= 4 is 23.2 Å². The van der Waals surface area contributed by atoms with Crippen LogP contribution in [-0.4, -0.2) is 10.2 Å². The number of aryl methyl sites for hydroxylation is 1. The third-order valence-electron chi connectivity index (χ3n) is 2.85. The van der Waals surface area contributed by atoms with E-state index >= 15 is 0 Å². The Labute approximate surface area is 121 Å². The number of ether oxygens (including phenoxy) is 1. The molecule has 0 aliphatic rings. The predicted octanol–water partition coefficient (Wildman–Crippen LogP) is 3.65. The number of halogens is 2. The van der Waals surface area contributed by atoms with Gasteiger partial charge in [-0.15, -0.1) is 5.10 Å². The molecule has 1 heterocycles. The van der Waals surface area contributed by atoms with E-state index in [1.165, 1.54) is 0 Å². The van der Waals surface area contributed by atoms with Gasteiger partial charge in [0.1, 0.15) is 5.75 Å². The third-order valence-corrected chi connectivity index (χ3v) is 3.59. The highest BCUT2D eigenvalue weighted by molar-refractivity contribution is 6.42. The van der Waals surface area contributed by atoms with Crippen LogP contribution in [0.3, 0.4) is 0 Å². The number of rotatable bonds is 3. The summed E-state index contributed by atoms with van der Waals surface area (Å²) in [5.41, 5.74) is 8.38. The molecule has 4 nitrogen and oxygen atoms in total. The van der Waals surface area contributed by atoms with Gasteiger partial charge in [-0.3, -0.25) is 0 Å². The Morgan fingerprint density at radius 3 is 2.53 bits per heavy atom. The average Bonchev–Trinajstić information content (AvgIpc) is 2.39. The standard InChI is InChI=1S/C13H13Cl2N3O/c1-7-8(2)17-18-13(10(7)6-16)19-9-3-4-11(14)12(15)5-9/h3-5H,6,16H2,1-2H3. The van der Waals surface area contributed by atoms with Crippen LogP contribution < -0.4 is 10.5 Å². The zero-order valence-corrected chi connectivity index (χ0v) is 12.1.